The van der Waals surface area contributed by atoms with E-state index < -0.39 is 6.10 Å². The zero-order valence-corrected chi connectivity index (χ0v) is 11.3. The van der Waals surface area contributed by atoms with E-state index in [0.29, 0.717) is 6.61 Å². The number of aliphatic hydroxyl groups is 1. The number of aliphatic hydroxyl groups excluding tert-OH is 1. The molecule has 3 nitrogen and oxygen atoms in total. The van der Waals surface area contributed by atoms with Crippen molar-refractivity contribution in [3.8, 4) is 5.75 Å². The largest absolute Gasteiger partial charge is 0.494 e. The summed E-state index contributed by atoms with van der Waals surface area (Å²) in [5, 5.41) is 10.3. The highest BCUT2D eigenvalue weighted by Crippen LogP contribution is 2.23. The molecule has 1 aromatic heterocycles. The Labute approximate surface area is 113 Å². The normalized spacial score (nSPS) is 12.2. The third kappa shape index (κ3) is 3.55. The smallest absolute Gasteiger partial charge is 0.119 e. The summed E-state index contributed by atoms with van der Waals surface area (Å²) in [6, 6.07) is 11.3. The summed E-state index contributed by atoms with van der Waals surface area (Å²) in [4.78, 5) is 4.20. The minimum Gasteiger partial charge on any atom is -0.494 e. The average Bonchev–Trinajstić information content (AvgIpc) is 2.46. The second-order valence-electron chi connectivity index (χ2n) is 4.55. The van der Waals surface area contributed by atoms with Gasteiger partial charge in [-0.05, 0) is 37.1 Å². The van der Waals surface area contributed by atoms with Crippen molar-refractivity contribution >= 4 is 0 Å². The van der Waals surface area contributed by atoms with Gasteiger partial charge in [0.1, 0.15) is 11.9 Å². The number of hydrogen-bond acceptors (Lipinski definition) is 3. The second-order valence-corrected chi connectivity index (χ2v) is 4.55. The third-order valence-corrected chi connectivity index (χ3v) is 2.92. The van der Waals surface area contributed by atoms with Gasteiger partial charge in [0.25, 0.3) is 0 Å². The van der Waals surface area contributed by atoms with E-state index in [0.717, 1.165) is 29.0 Å². The lowest BCUT2D eigenvalue weighted by Crippen LogP contribution is -2.01. The first-order valence-electron chi connectivity index (χ1n) is 6.54. The van der Waals surface area contributed by atoms with E-state index in [2.05, 4.69) is 11.9 Å². The van der Waals surface area contributed by atoms with Crippen LogP contribution in [0.4, 0.5) is 0 Å². The molecular weight excluding hydrogens is 238 g/mol. The van der Waals surface area contributed by atoms with Crippen LogP contribution in [-0.4, -0.2) is 16.7 Å². The van der Waals surface area contributed by atoms with Crippen LogP contribution in [0.5, 0.6) is 5.75 Å². The van der Waals surface area contributed by atoms with Crippen molar-refractivity contribution in [1.29, 1.82) is 0 Å². The predicted molar refractivity (Wildman–Crippen MR) is 75.3 cm³/mol. The van der Waals surface area contributed by atoms with Crippen molar-refractivity contribution in [3.63, 3.8) is 0 Å². The molecule has 0 amide bonds. The van der Waals surface area contributed by atoms with Crippen LogP contribution in [0.25, 0.3) is 0 Å². The van der Waals surface area contributed by atoms with Crippen molar-refractivity contribution in [2.24, 2.45) is 0 Å². The van der Waals surface area contributed by atoms with E-state index in [1.807, 2.05) is 43.3 Å². The molecule has 2 aromatic rings. The van der Waals surface area contributed by atoms with Gasteiger partial charge in [0.15, 0.2) is 0 Å². The van der Waals surface area contributed by atoms with E-state index >= 15 is 0 Å². The monoisotopic (exact) mass is 257 g/mol. The zero-order valence-electron chi connectivity index (χ0n) is 11.3. The van der Waals surface area contributed by atoms with Gasteiger partial charge < -0.3 is 9.84 Å². The maximum atomic E-state index is 10.3. The minimum absolute atomic E-state index is 0.645. The fourth-order valence-corrected chi connectivity index (χ4v) is 1.80. The summed E-state index contributed by atoms with van der Waals surface area (Å²) in [6.07, 6.45) is 2.05. The maximum Gasteiger partial charge on any atom is 0.119 e. The molecule has 100 valence electrons. The van der Waals surface area contributed by atoms with Crippen LogP contribution in [0.3, 0.4) is 0 Å². The SMILES string of the molecule is CCCOc1ccc(C(O)c2ccc(C)nc2)cc1. The summed E-state index contributed by atoms with van der Waals surface area (Å²) < 4.78 is 5.52. The Balaban J connectivity index is 2.10. The van der Waals surface area contributed by atoms with Crippen LogP contribution in [-0.2, 0) is 0 Å². The summed E-state index contributed by atoms with van der Waals surface area (Å²) >= 11 is 0. The molecule has 0 radical (unpaired) electrons. The molecule has 0 saturated carbocycles. The van der Waals surface area contributed by atoms with E-state index in [4.69, 9.17) is 4.74 Å². The topological polar surface area (TPSA) is 42.4 Å². The Kier molecular flexibility index (Phi) is 4.53. The molecule has 19 heavy (non-hydrogen) atoms. The zero-order chi connectivity index (χ0) is 13.7. The Bertz CT molecular complexity index is 505. The standard InChI is InChI=1S/C16H19NO2/c1-3-10-19-15-8-6-13(7-9-15)16(18)14-5-4-12(2)17-11-14/h4-9,11,16,18H,3,10H2,1-2H3. The van der Waals surface area contributed by atoms with Crippen molar-refractivity contribution in [2.75, 3.05) is 6.61 Å². The molecule has 0 spiro atoms. The van der Waals surface area contributed by atoms with Gasteiger partial charge in [0.05, 0.1) is 6.61 Å². The van der Waals surface area contributed by atoms with Gasteiger partial charge in [-0.2, -0.15) is 0 Å². The number of hydrogen-bond donors (Lipinski definition) is 1. The van der Waals surface area contributed by atoms with Crippen LogP contribution in [0.2, 0.25) is 0 Å². The third-order valence-electron chi connectivity index (χ3n) is 2.92. The van der Waals surface area contributed by atoms with Gasteiger partial charge in [0, 0.05) is 17.5 Å². The number of aryl methyl sites for hydroxylation is 1. The molecule has 2 rings (SSSR count). The molecule has 1 unspecified atom stereocenters. The second kappa shape index (κ2) is 6.34. The van der Waals surface area contributed by atoms with Crippen LogP contribution < -0.4 is 4.74 Å². The predicted octanol–water partition coefficient (Wildman–Crippen LogP) is 3.26. The molecule has 0 fully saturated rings. The van der Waals surface area contributed by atoms with Gasteiger partial charge in [-0.1, -0.05) is 25.1 Å². The lowest BCUT2D eigenvalue weighted by atomic mass is 10.0. The highest BCUT2D eigenvalue weighted by Gasteiger charge is 2.10. The number of aromatic nitrogens is 1. The molecule has 0 aliphatic heterocycles. The van der Waals surface area contributed by atoms with E-state index in [1.54, 1.807) is 6.20 Å². The van der Waals surface area contributed by atoms with Gasteiger partial charge in [-0.25, -0.2) is 0 Å². The quantitative estimate of drug-likeness (QED) is 0.894. The fraction of sp³-hybridized carbons (Fsp3) is 0.312. The van der Waals surface area contributed by atoms with E-state index in [1.165, 1.54) is 0 Å². The Morgan fingerprint density at radius 1 is 1.11 bits per heavy atom. The molecule has 3 heteroatoms. The van der Waals surface area contributed by atoms with Crippen LogP contribution in [0, 0.1) is 6.92 Å². The number of pyridine rings is 1. The Morgan fingerprint density at radius 3 is 2.37 bits per heavy atom. The van der Waals surface area contributed by atoms with Gasteiger partial charge in [-0.15, -0.1) is 0 Å². The molecule has 1 atom stereocenters. The number of nitrogens with zero attached hydrogens (tertiary/aromatic N) is 1. The lowest BCUT2D eigenvalue weighted by Gasteiger charge is -2.12. The lowest BCUT2D eigenvalue weighted by molar-refractivity contribution is 0.219. The average molecular weight is 257 g/mol. The molecule has 0 saturated heterocycles. The summed E-state index contributed by atoms with van der Waals surface area (Å²) in [5.41, 5.74) is 2.58. The van der Waals surface area contributed by atoms with Crippen LogP contribution >= 0.6 is 0 Å². The summed E-state index contributed by atoms with van der Waals surface area (Å²) in [6.45, 7) is 4.71. The van der Waals surface area contributed by atoms with Gasteiger partial charge in [-0.3, -0.25) is 4.98 Å². The first-order valence-corrected chi connectivity index (χ1v) is 6.54. The maximum absolute atomic E-state index is 10.3. The van der Waals surface area contributed by atoms with Crippen molar-refractivity contribution in [2.45, 2.75) is 26.4 Å². The van der Waals surface area contributed by atoms with Crippen LogP contribution in [0.15, 0.2) is 42.6 Å². The van der Waals surface area contributed by atoms with Gasteiger partial charge >= 0.3 is 0 Å². The van der Waals surface area contributed by atoms with E-state index in [9.17, 15) is 5.11 Å². The summed E-state index contributed by atoms with van der Waals surface area (Å²) in [5.74, 6) is 0.833. The van der Waals surface area contributed by atoms with Gasteiger partial charge in [0.2, 0.25) is 0 Å². The molecule has 1 aromatic carbocycles. The molecule has 0 bridgehead atoms. The number of rotatable bonds is 5. The van der Waals surface area contributed by atoms with Crippen LogP contribution in [0.1, 0.15) is 36.3 Å². The number of ether oxygens (including phenoxy) is 1. The highest BCUT2D eigenvalue weighted by molar-refractivity contribution is 5.33. The Hall–Kier alpha value is -1.87. The van der Waals surface area contributed by atoms with Crippen molar-refractivity contribution in [1.82, 2.24) is 4.98 Å². The Morgan fingerprint density at radius 2 is 1.79 bits per heavy atom. The molecule has 0 aliphatic carbocycles. The first kappa shape index (κ1) is 13.6. The van der Waals surface area contributed by atoms with E-state index in [-0.39, 0.29) is 0 Å². The molecular formula is C16H19NO2. The minimum atomic E-state index is -0.645. The van der Waals surface area contributed by atoms with Crippen molar-refractivity contribution < 1.29 is 9.84 Å². The first-order chi connectivity index (χ1) is 9.20. The summed E-state index contributed by atoms with van der Waals surface area (Å²) in [7, 11) is 0. The van der Waals surface area contributed by atoms with Crippen molar-refractivity contribution in [3.05, 3.63) is 59.4 Å². The molecule has 1 heterocycles. The molecule has 1 N–H and O–H groups in total. The fourth-order valence-electron chi connectivity index (χ4n) is 1.80. The molecule has 0 aliphatic rings. The number of benzene rings is 1. The highest BCUT2D eigenvalue weighted by atomic mass is 16.5.